The summed E-state index contributed by atoms with van der Waals surface area (Å²) in [5, 5.41) is 9.26. The van der Waals surface area contributed by atoms with Crippen LogP contribution in [0.15, 0.2) is 24.5 Å². The Morgan fingerprint density at radius 2 is 2.35 bits per heavy atom. The third-order valence-corrected chi connectivity index (χ3v) is 3.44. The van der Waals surface area contributed by atoms with Gasteiger partial charge in [-0.15, -0.1) is 0 Å². The molecule has 0 aromatic carbocycles. The molecule has 0 saturated carbocycles. The van der Waals surface area contributed by atoms with Crippen molar-refractivity contribution in [1.29, 1.82) is 0 Å². The van der Waals surface area contributed by atoms with Crippen molar-refractivity contribution in [1.82, 2.24) is 9.88 Å². The quantitative estimate of drug-likeness (QED) is 0.837. The second-order valence-corrected chi connectivity index (χ2v) is 4.97. The van der Waals surface area contributed by atoms with Crippen LogP contribution >= 0.6 is 0 Å². The lowest BCUT2D eigenvalue weighted by molar-refractivity contribution is -0.160. The first-order valence-corrected chi connectivity index (χ1v) is 5.93. The van der Waals surface area contributed by atoms with Crippen LogP contribution in [0.2, 0.25) is 0 Å². The highest BCUT2D eigenvalue weighted by Gasteiger charge is 2.47. The van der Waals surface area contributed by atoms with Crippen LogP contribution in [0.3, 0.4) is 0 Å². The van der Waals surface area contributed by atoms with Gasteiger partial charge in [-0.1, -0.05) is 6.07 Å². The van der Waals surface area contributed by atoms with Gasteiger partial charge in [0, 0.05) is 25.5 Å². The Hall–Kier alpha value is -1.42. The smallest absolute Gasteiger partial charge is 0.312 e. The van der Waals surface area contributed by atoms with E-state index in [-0.39, 0.29) is 0 Å². The SMILES string of the molecule is CN1CC(CCCc2cccnc2)(C(=O)O)C1. The molecule has 0 unspecified atom stereocenters. The van der Waals surface area contributed by atoms with E-state index in [1.807, 2.05) is 25.4 Å². The lowest BCUT2D eigenvalue weighted by Gasteiger charge is -2.45. The molecule has 17 heavy (non-hydrogen) atoms. The Morgan fingerprint density at radius 3 is 2.88 bits per heavy atom. The van der Waals surface area contributed by atoms with E-state index < -0.39 is 11.4 Å². The van der Waals surface area contributed by atoms with Crippen molar-refractivity contribution in [2.45, 2.75) is 19.3 Å². The number of aliphatic carboxylic acids is 1. The monoisotopic (exact) mass is 234 g/mol. The van der Waals surface area contributed by atoms with Crippen molar-refractivity contribution < 1.29 is 9.90 Å². The van der Waals surface area contributed by atoms with Gasteiger partial charge in [0.25, 0.3) is 0 Å². The Morgan fingerprint density at radius 1 is 1.59 bits per heavy atom. The second-order valence-electron chi connectivity index (χ2n) is 4.97. The van der Waals surface area contributed by atoms with Gasteiger partial charge in [-0.25, -0.2) is 0 Å². The molecule has 2 rings (SSSR count). The summed E-state index contributed by atoms with van der Waals surface area (Å²) in [4.78, 5) is 17.4. The maximum absolute atomic E-state index is 11.3. The molecular weight excluding hydrogens is 216 g/mol. The van der Waals surface area contributed by atoms with Gasteiger partial charge in [-0.05, 0) is 37.9 Å². The number of likely N-dealkylation sites (tertiary alicyclic amines) is 1. The molecule has 92 valence electrons. The van der Waals surface area contributed by atoms with Gasteiger partial charge in [-0.2, -0.15) is 0 Å². The van der Waals surface area contributed by atoms with Crippen molar-refractivity contribution in [2.24, 2.45) is 5.41 Å². The topological polar surface area (TPSA) is 53.4 Å². The largest absolute Gasteiger partial charge is 0.481 e. The van der Waals surface area contributed by atoms with E-state index in [9.17, 15) is 9.90 Å². The van der Waals surface area contributed by atoms with Gasteiger partial charge in [0.15, 0.2) is 0 Å². The zero-order chi connectivity index (χ0) is 12.3. The first-order valence-electron chi connectivity index (χ1n) is 5.93. The van der Waals surface area contributed by atoms with Gasteiger partial charge < -0.3 is 10.0 Å². The highest BCUT2D eigenvalue weighted by atomic mass is 16.4. The molecule has 4 nitrogen and oxygen atoms in total. The van der Waals surface area contributed by atoms with Crippen LogP contribution in [0, 0.1) is 5.41 Å². The molecule has 0 radical (unpaired) electrons. The zero-order valence-electron chi connectivity index (χ0n) is 10.1. The number of carbonyl (C=O) groups is 1. The summed E-state index contributed by atoms with van der Waals surface area (Å²) in [6.45, 7) is 1.35. The van der Waals surface area contributed by atoms with Crippen molar-refractivity contribution >= 4 is 5.97 Å². The molecule has 1 aliphatic rings. The lowest BCUT2D eigenvalue weighted by Crippen LogP contribution is -2.58. The molecule has 1 fully saturated rings. The average Bonchev–Trinajstić information content (AvgIpc) is 2.27. The van der Waals surface area contributed by atoms with Crippen LogP contribution in [0.25, 0.3) is 0 Å². The molecule has 0 amide bonds. The summed E-state index contributed by atoms with van der Waals surface area (Å²) in [5.41, 5.74) is 0.678. The van der Waals surface area contributed by atoms with Crippen LogP contribution in [-0.2, 0) is 11.2 Å². The van der Waals surface area contributed by atoms with E-state index in [0.717, 1.165) is 19.3 Å². The molecule has 0 aliphatic carbocycles. The number of nitrogens with zero attached hydrogens (tertiary/aromatic N) is 2. The molecule has 2 heterocycles. The standard InChI is InChI=1S/C13H18N2O2/c1-15-9-13(10-15,12(16)17)6-2-4-11-5-3-7-14-8-11/h3,5,7-8H,2,4,6,9-10H2,1H3,(H,16,17). The second kappa shape index (κ2) is 4.84. The van der Waals surface area contributed by atoms with E-state index in [1.165, 1.54) is 5.56 Å². The summed E-state index contributed by atoms with van der Waals surface area (Å²) in [6.07, 6.45) is 6.17. The minimum absolute atomic E-state index is 0.503. The number of pyridine rings is 1. The number of carboxylic acids is 1. The minimum atomic E-state index is -0.651. The molecular formula is C13H18N2O2. The fourth-order valence-corrected chi connectivity index (χ4v) is 2.56. The number of hydrogen-bond donors (Lipinski definition) is 1. The average molecular weight is 234 g/mol. The summed E-state index contributed by atoms with van der Waals surface area (Å²) in [6, 6.07) is 3.95. The van der Waals surface area contributed by atoms with E-state index in [2.05, 4.69) is 9.88 Å². The van der Waals surface area contributed by atoms with Crippen molar-refractivity contribution in [3.8, 4) is 0 Å². The summed E-state index contributed by atoms with van der Waals surface area (Å²) >= 11 is 0. The van der Waals surface area contributed by atoms with Crippen LogP contribution in [-0.4, -0.2) is 41.1 Å². The Balaban J connectivity index is 1.83. The summed E-state index contributed by atoms with van der Waals surface area (Å²) < 4.78 is 0. The molecule has 0 spiro atoms. The summed E-state index contributed by atoms with van der Waals surface area (Å²) in [7, 11) is 1.96. The molecule has 0 bridgehead atoms. The molecule has 0 atom stereocenters. The van der Waals surface area contributed by atoms with Gasteiger partial charge in [-0.3, -0.25) is 9.78 Å². The van der Waals surface area contributed by atoms with E-state index >= 15 is 0 Å². The maximum atomic E-state index is 11.3. The lowest BCUT2D eigenvalue weighted by atomic mass is 9.76. The molecule has 1 aromatic rings. The van der Waals surface area contributed by atoms with E-state index in [1.54, 1.807) is 6.20 Å². The zero-order valence-corrected chi connectivity index (χ0v) is 10.1. The molecule has 4 heteroatoms. The van der Waals surface area contributed by atoms with E-state index in [0.29, 0.717) is 13.1 Å². The Bertz CT molecular complexity index is 386. The highest BCUT2D eigenvalue weighted by Crippen LogP contribution is 2.34. The normalized spacial score (nSPS) is 18.6. The highest BCUT2D eigenvalue weighted by molar-refractivity contribution is 5.76. The molecule has 1 aromatic heterocycles. The first kappa shape index (κ1) is 12.0. The molecule has 1 N–H and O–H groups in total. The molecule has 1 aliphatic heterocycles. The first-order chi connectivity index (χ1) is 8.12. The summed E-state index contributed by atoms with van der Waals surface area (Å²) in [5.74, 6) is -0.651. The van der Waals surface area contributed by atoms with Crippen LogP contribution < -0.4 is 0 Å². The third-order valence-electron chi connectivity index (χ3n) is 3.44. The maximum Gasteiger partial charge on any atom is 0.312 e. The number of aryl methyl sites for hydroxylation is 1. The van der Waals surface area contributed by atoms with Gasteiger partial charge >= 0.3 is 5.97 Å². The van der Waals surface area contributed by atoms with Crippen LogP contribution in [0.4, 0.5) is 0 Å². The minimum Gasteiger partial charge on any atom is -0.481 e. The van der Waals surface area contributed by atoms with Crippen molar-refractivity contribution in [3.63, 3.8) is 0 Å². The van der Waals surface area contributed by atoms with Crippen molar-refractivity contribution in [2.75, 3.05) is 20.1 Å². The fraction of sp³-hybridized carbons (Fsp3) is 0.538. The number of rotatable bonds is 5. The third kappa shape index (κ3) is 2.64. The Kier molecular flexibility index (Phi) is 3.43. The van der Waals surface area contributed by atoms with Gasteiger partial charge in [0.05, 0.1) is 5.41 Å². The fourth-order valence-electron chi connectivity index (χ4n) is 2.56. The number of aromatic nitrogens is 1. The van der Waals surface area contributed by atoms with Gasteiger partial charge in [0.1, 0.15) is 0 Å². The van der Waals surface area contributed by atoms with E-state index in [4.69, 9.17) is 0 Å². The predicted octanol–water partition coefficient (Wildman–Crippen LogP) is 1.42. The molecule has 1 saturated heterocycles. The number of carboxylic acid groups (broad SMARTS) is 1. The van der Waals surface area contributed by atoms with Crippen LogP contribution in [0.1, 0.15) is 18.4 Å². The number of hydrogen-bond acceptors (Lipinski definition) is 3. The van der Waals surface area contributed by atoms with Crippen LogP contribution in [0.5, 0.6) is 0 Å². The predicted molar refractivity (Wildman–Crippen MR) is 64.7 cm³/mol. The van der Waals surface area contributed by atoms with Crippen molar-refractivity contribution in [3.05, 3.63) is 30.1 Å². The Labute approximate surface area is 101 Å². The van der Waals surface area contributed by atoms with Gasteiger partial charge in [0.2, 0.25) is 0 Å².